The van der Waals surface area contributed by atoms with Crippen molar-refractivity contribution in [3.05, 3.63) is 53.6 Å². The second kappa shape index (κ2) is 12.7. The molecule has 3 aliphatic heterocycles. The first kappa shape index (κ1) is 29.2. The van der Waals surface area contributed by atoms with E-state index >= 15 is 0 Å². The predicted octanol–water partition coefficient (Wildman–Crippen LogP) is 1.48. The number of fused-ring (bicyclic) bond motifs is 1. The van der Waals surface area contributed by atoms with Gasteiger partial charge < -0.3 is 30.7 Å². The van der Waals surface area contributed by atoms with E-state index in [4.69, 9.17) is 4.74 Å². The first-order valence-corrected chi connectivity index (χ1v) is 15.9. The van der Waals surface area contributed by atoms with E-state index in [1.807, 2.05) is 37.3 Å². The van der Waals surface area contributed by atoms with Gasteiger partial charge in [0.05, 0.1) is 48.0 Å². The van der Waals surface area contributed by atoms with Crippen LogP contribution in [0.1, 0.15) is 42.1 Å². The molecule has 11 nitrogen and oxygen atoms in total. The van der Waals surface area contributed by atoms with Crippen LogP contribution in [0.3, 0.4) is 0 Å². The average molecular weight is 586 g/mol. The summed E-state index contributed by atoms with van der Waals surface area (Å²) in [5.74, 6) is -0.586. The third kappa shape index (κ3) is 6.77. The number of nitrogens with zero attached hydrogens (tertiary/aromatic N) is 2. The van der Waals surface area contributed by atoms with Gasteiger partial charge in [-0.15, -0.1) is 0 Å². The molecule has 3 aliphatic rings. The number of anilines is 3. The Bertz CT molecular complexity index is 1350. The maximum absolute atomic E-state index is 13.8. The van der Waals surface area contributed by atoms with Crippen LogP contribution in [0, 0.1) is 0 Å². The largest absolute Gasteiger partial charge is 0.466 e. The van der Waals surface area contributed by atoms with Gasteiger partial charge in [-0.3, -0.25) is 13.9 Å². The minimum atomic E-state index is -3.48. The average Bonchev–Trinajstić information content (AvgIpc) is 3.33. The van der Waals surface area contributed by atoms with Crippen LogP contribution in [0.2, 0.25) is 0 Å². The zero-order valence-corrected chi connectivity index (χ0v) is 24.2. The van der Waals surface area contributed by atoms with Gasteiger partial charge in [0.2, 0.25) is 10.0 Å². The first-order valence-electron chi connectivity index (χ1n) is 14.3. The van der Waals surface area contributed by atoms with Gasteiger partial charge in [0.1, 0.15) is 0 Å². The molecule has 2 aromatic rings. The molecular weight excluding hydrogens is 546 g/mol. The Hall–Kier alpha value is -3.35. The van der Waals surface area contributed by atoms with E-state index < -0.39 is 28.1 Å². The van der Waals surface area contributed by atoms with E-state index in [0.29, 0.717) is 56.8 Å². The van der Waals surface area contributed by atoms with Crippen LogP contribution >= 0.6 is 0 Å². The molecule has 0 spiro atoms. The van der Waals surface area contributed by atoms with E-state index in [-0.39, 0.29) is 30.7 Å². The van der Waals surface area contributed by atoms with Crippen molar-refractivity contribution in [2.45, 2.75) is 50.8 Å². The number of ether oxygens (including phenoxy) is 1. The van der Waals surface area contributed by atoms with E-state index in [2.05, 4.69) is 20.9 Å². The zero-order valence-electron chi connectivity index (χ0n) is 23.3. The van der Waals surface area contributed by atoms with Gasteiger partial charge >= 0.3 is 5.97 Å². The van der Waals surface area contributed by atoms with E-state index in [1.165, 1.54) is 4.31 Å². The van der Waals surface area contributed by atoms with Crippen LogP contribution in [0.4, 0.5) is 17.1 Å². The fourth-order valence-corrected chi connectivity index (χ4v) is 7.29. The summed E-state index contributed by atoms with van der Waals surface area (Å²) in [6, 6.07) is 12.3. The van der Waals surface area contributed by atoms with Gasteiger partial charge in [0.15, 0.2) is 0 Å². The van der Waals surface area contributed by atoms with Crippen LogP contribution in [0.25, 0.3) is 0 Å². The third-order valence-corrected chi connectivity index (χ3v) is 9.83. The molecule has 2 aromatic carbocycles. The summed E-state index contributed by atoms with van der Waals surface area (Å²) in [5.41, 5.74) is 3.27. The Balaban J connectivity index is 1.41. The highest BCUT2D eigenvalue weighted by atomic mass is 32.2. The normalized spacial score (nSPS) is 21.4. The molecule has 4 N–H and O–H groups in total. The highest BCUT2D eigenvalue weighted by molar-refractivity contribution is 7.93. The number of hydrogen-bond acceptors (Lipinski definition) is 9. The minimum Gasteiger partial charge on any atom is -0.466 e. The number of nitrogens with one attached hydrogen (secondary N) is 3. The number of carbonyl (C=O) groups excluding carboxylic acids is 2. The third-order valence-electron chi connectivity index (χ3n) is 7.97. The number of sulfonamides is 1. The number of cyclic esters (lactones) is 1. The van der Waals surface area contributed by atoms with Crippen molar-refractivity contribution in [1.82, 2.24) is 10.6 Å². The van der Waals surface area contributed by atoms with Crippen molar-refractivity contribution in [2.24, 2.45) is 0 Å². The summed E-state index contributed by atoms with van der Waals surface area (Å²) in [7, 11) is -3.48. The van der Waals surface area contributed by atoms with Gasteiger partial charge in [-0.05, 0) is 43.9 Å². The highest BCUT2D eigenvalue weighted by Crippen LogP contribution is 2.41. The molecule has 222 valence electrons. The molecule has 1 amide bonds. The molecule has 2 fully saturated rings. The van der Waals surface area contributed by atoms with E-state index in [0.717, 1.165) is 23.5 Å². The Morgan fingerprint density at radius 2 is 1.98 bits per heavy atom. The van der Waals surface area contributed by atoms with Crippen LogP contribution < -0.4 is 25.2 Å². The molecule has 5 rings (SSSR count). The zero-order chi connectivity index (χ0) is 29.0. The Morgan fingerprint density at radius 3 is 2.68 bits per heavy atom. The number of esters is 1. The first-order chi connectivity index (χ1) is 19.7. The lowest BCUT2D eigenvalue weighted by Gasteiger charge is -2.35. The van der Waals surface area contributed by atoms with Gasteiger partial charge in [-0.2, -0.15) is 0 Å². The molecule has 0 aliphatic carbocycles. The van der Waals surface area contributed by atoms with Crippen molar-refractivity contribution < 1.29 is 27.9 Å². The van der Waals surface area contributed by atoms with Crippen LogP contribution in [-0.4, -0.2) is 88.7 Å². The van der Waals surface area contributed by atoms with Crippen molar-refractivity contribution in [2.75, 3.05) is 59.6 Å². The second-order valence-corrected chi connectivity index (χ2v) is 12.8. The van der Waals surface area contributed by atoms with Gasteiger partial charge in [0, 0.05) is 44.3 Å². The van der Waals surface area contributed by atoms with Crippen molar-refractivity contribution in [3.8, 4) is 0 Å². The predicted molar refractivity (Wildman–Crippen MR) is 158 cm³/mol. The number of aliphatic hydroxyl groups excluding tert-OH is 1. The molecule has 12 heteroatoms. The van der Waals surface area contributed by atoms with Crippen LogP contribution in [0.15, 0.2) is 42.5 Å². The van der Waals surface area contributed by atoms with Gasteiger partial charge in [-0.1, -0.05) is 30.3 Å². The topological polar surface area (TPSA) is 140 Å². The van der Waals surface area contributed by atoms with Crippen molar-refractivity contribution in [3.63, 3.8) is 0 Å². The smallest absolute Gasteiger partial charge is 0.307 e. The summed E-state index contributed by atoms with van der Waals surface area (Å²) in [5, 5.41) is 20.9. The van der Waals surface area contributed by atoms with Crippen molar-refractivity contribution in [1.29, 1.82) is 0 Å². The lowest BCUT2D eigenvalue weighted by molar-refractivity contribution is -0.147. The second-order valence-electron chi connectivity index (χ2n) is 10.8. The number of benzene rings is 2. The highest BCUT2D eigenvalue weighted by Gasteiger charge is 2.34. The molecule has 3 atom stereocenters. The maximum Gasteiger partial charge on any atom is 0.307 e. The molecule has 0 saturated carbocycles. The Labute approximate surface area is 241 Å². The molecule has 3 heterocycles. The monoisotopic (exact) mass is 585 g/mol. The summed E-state index contributed by atoms with van der Waals surface area (Å²) in [6.07, 6.45) is 0.877. The molecule has 0 aromatic heterocycles. The molecule has 0 bridgehead atoms. The van der Waals surface area contributed by atoms with Crippen LogP contribution in [0.5, 0.6) is 0 Å². The lowest BCUT2D eigenvalue weighted by Crippen LogP contribution is -2.51. The fourth-order valence-electron chi connectivity index (χ4n) is 5.73. The molecule has 0 radical (unpaired) electrons. The number of aliphatic hydroxyl groups is 1. The Morgan fingerprint density at radius 1 is 1.20 bits per heavy atom. The summed E-state index contributed by atoms with van der Waals surface area (Å²) in [6.45, 7) is 5.03. The molecule has 1 unspecified atom stereocenters. The summed E-state index contributed by atoms with van der Waals surface area (Å²) >= 11 is 0. The number of rotatable bonds is 10. The quantitative estimate of drug-likeness (QED) is 0.305. The minimum absolute atomic E-state index is 0.0761. The van der Waals surface area contributed by atoms with Gasteiger partial charge in [0.25, 0.3) is 5.91 Å². The molecule has 41 heavy (non-hydrogen) atoms. The fraction of sp³-hybridized carbons (Fsp3) is 0.517. The van der Waals surface area contributed by atoms with Crippen molar-refractivity contribution >= 4 is 39.0 Å². The number of hydrogen-bond donors (Lipinski definition) is 4. The lowest BCUT2D eigenvalue weighted by atomic mass is 9.99. The molecular formula is C29H39N5O6S. The summed E-state index contributed by atoms with van der Waals surface area (Å²) < 4.78 is 32.2. The van der Waals surface area contributed by atoms with Crippen LogP contribution in [-0.2, 0) is 26.0 Å². The number of likely N-dealkylation sites (N-methyl/N-ethyl adjacent to an activating group) is 1. The number of carbonyl (C=O) groups is 2. The van der Waals surface area contributed by atoms with E-state index in [1.54, 1.807) is 12.1 Å². The SMILES string of the molecule is CCN1CCNc2c1cc(C(=O)N[C@@H](Cc1ccccc1)[C@H](O)CNC1CCOC(=O)C1)cc2N1CCCS1(=O)=O. The summed E-state index contributed by atoms with van der Waals surface area (Å²) in [4.78, 5) is 27.6. The molecule has 2 saturated heterocycles. The standard InChI is InChI=1S/C29H39N5O6S/c1-2-33-12-10-30-28-24(33)16-21(17-25(28)34-11-6-14-41(34,38)39)29(37)32-23(15-20-7-4-3-5-8-20)26(35)19-31-22-9-13-40-27(36)18-22/h3-5,7-8,16-17,22-23,26,30-31,35H,2,6,9-15,18-19H2,1H3,(H,32,37)/t22?,23-,26+/m0/s1. The van der Waals surface area contributed by atoms with Gasteiger partial charge in [-0.25, -0.2) is 8.42 Å². The van der Waals surface area contributed by atoms with E-state index in [9.17, 15) is 23.1 Å². The maximum atomic E-state index is 13.8. The number of amides is 1. The Kier molecular flexibility index (Phi) is 9.00.